The Bertz CT molecular complexity index is 1090. The lowest BCUT2D eigenvalue weighted by atomic mass is 10.2. The van der Waals surface area contributed by atoms with Gasteiger partial charge < -0.3 is 14.3 Å². The first-order chi connectivity index (χ1) is 13.6. The van der Waals surface area contributed by atoms with Gasteiger partial charge in [0.05, 0.1) is 11.3 Å². The Balaban J connectivity index is 1.58. The first-order valence-electron chi connectivity index (χ1n) is 8.89. The molecule has 8 heteroatoms. The molecule has 4 rings (SSSR count). The van der Waals surface area contributed by atoms with E-state index in [-0.39, 0.29) is 5.91 Å². The molecule has 0 aliphatic rings. The summed E-state index contributed by atoms with van der Waals surface area (Å²) in [6, 6.07) is 13.3. The van der Waals surface area contributed by atoms with Gasteiger partial charge >= 0.3 is 0 Å². The molecule has 3 heterocycles. The normalized spacial score (nSPS) is 10.9. The van der Waals surface area contributed by atoms with Crippen molar-refractivity contribution in [1.29, 1.82) is 0 Å². The van der Waals surface area contributed by atoms with E-state index in [1.807, 2.05) is 49.4 Å². The molecule has 4 aromatic rings. The quantitative estimate of drug-likeness (QED) is 0.554. The van der Waals surface area contributed by atoms with Crippen molar-refractivity contribution in [2.24, 2.45) is 0 Å². The molecule has 0 saturated heterocycles. The fraction of sp³-hybridized carbons (Fsp3) is 0.200. The van der Waals surface area contributed by atoms with Gasteiger partial charge in [0.25, 0.3) is 5.91 Å². The number of amides is 1. The maximum absolute atomic E-state index is 12.8. The number of carbonyl (C=O) groups excluding carboxylic acids is 1. The third-order valence-corrected chi connectivity index (χ3v) is 4.15. The van der Waals surface area contributed by atoms with Crippen LogP contribution in [0.4, 0.5) is 0 Å². The Hall–Kier alpha value is -3.68. The van der Waals surface area contributed by atoms with Crippen LogP contribution in [-0.4, -0.2) is 32.4 Å². The van der Waals surface area contributed by atoms with Crippen LogP contribution in [0.3, 0.4) is 0 Å². The van der Waals surface area contributed by atoms with E-state index in [4.69, 9.17) is 8.94 Å². The van der Waals surface area contributed by atoms with Crippen molar-refractivity contribution in [3.8, 4) is 17.1 Å². The van der Waals surface area contributed by atoms with Crippen molar-refractivity contribution < 1.29 is 13.7 Å². The number of nitrogens with one attached hydrogen (secondary N) is 1. The highest BCUT2D eigenvalue weighted by Gasteiger charge is 2.21. The average molecular weight is 377 g/mol. The van der Waals surface area contributed by atoms with Crippen molar-refractivity contribution in [3.05, 3.63) is 71.7 Å². The molecule has 1 aromatic carbocycles. The Morgan fingerprint density at radius 3 is 2.64 bits per heavy atom. The topological polar surface area (TPSA) is 99.0 Å². The van der Waals surface area contributed by atoms with Gasteiger partial charge in [0.2, 0.25) is 5.89 Å². The highest BCUT2D eigenvalue weighted by Crippen LogP contribution is 2.25. The lowest BCUT2D eigenvalue weighted by Gasteiger charge is -2.02. The van der Waals surface area contributed by atoms with Crippen molar-refractivity contribution in [2.75, 3.05) is 6.54 Å². The second kappa shape index (κ2) is 7.51. The smallest absolute Gasteiger partial charge is 0.255 e. The number of furan rings is 1. The van der Waals surface area contributed by atoms with Gasteiger partial charge in [-0.05, 0) is 38.1 Å². The number of para-hydroxylation sites is 1. The van der Waals surface area contributed by atoms with Crippen LogP contribution in [-0.2, 0) is 6.42 Å². The Morgan fingerprint density at radius 1 is 1.14 bits per heavy atom. The third-order valence-electron chi connectivity index (χ3n) is 4.15. The molecule has 1 N–H and O–H groups in total. The van der Waals surface area contributed by atoms with E-state index < -0.39 is 0 Å². The van der Waals surface area contributed by atoms with Gasteiger partial charge in [-0.3, -0.25) is 4.79 Å². The molecule has 0 bridgehead atoms. The fourth-order valence-corrected chi connectivity index (χ4v) is 2.82. The van der Waals surface area contributed by atoms with Crippen LogP contribution in [0.15, 0.2) is 57.6 Å². The first kappa shape index (κ1) is 17.7. The number of hydrogen-bond acceptors (Lipinski definition) is 6. The van der Waals surface area contributed by atoms with Gasteiger partial charge in [0.1, 0.15) is 11.5 Å². The highest BCUT2D eigenvalue weighted by molar-refractivity contribution is 5.99. The largest absolute Gasteiger partial charge is 0.460 e. The number of benzene rings is 1. The molecular formula is C20H19N5O3. The number of aromatic nitrogens is 4. The summed E-state index contributed by atoms with van der Waals surface area (Å²) in [4.78, 5) is 16.9. The lowest BCUT2D eigenvalue weighted by molar-refractivity contribution is 0.0954. The summed E-state index contributed by atoms with van der Waals surface area (Å²) >= 11 is 0. The Kier molecular flexibility index (Phi) is 4.76. The van der Waals surface area contributed by atoms with Crippen LogP contribution in [0.25, 0.3) is 17.1 Å². The van der Waals surface area contributed by atoms with Gasteiger partial charge in [0, 0.05) is 19.2 Å². The number of nitrogens with zero attached hydrogens (tertiary/aromatic N) is 4. The van der Waals surface area contributed by atoms with Crippen LogP contribution >= 0.6 is 0 Å². The zero-order valence-electron chi connectivity index (χ0n) is 15.5. The summed E-state index contributed by atoms with van der Waals surface area (Å²) in [5.41, 5.74) is 1.77. The van der Waals surface area contributed by atoms with E-state index in [0.29, 0.717) is 41.7 Å². The summed E-state index contributed by atoms with van der Waals surface area (Å²) in [5, 5.41) is 11.2. The van der Waals surface area contributed by atoms with Crippen molar-refractivity contribution >= 4 is 5.91 Å². The van der Waals surface area contributed by atoms with Gasteiger partial charge in [-0.25, -0.2) is 4.68 Å². The second-order valence-corrected chi connectivity index (χ2v) is 6.32. The van der Waals surface area contributed by atoms with E-state index >= 15 is 0 Å². The number of carbonyl (C=O) groups is 1. The summed E-state index contributed by atoms with van der Waals surface area (Å²) in [7, 11) is 0. The third kappa shape index (κ3) is 3.71. The van der Waals surface area contributed by atoms with Crippen LogP contribution in [0, 0.1) is 13.8 Å². The van der Waals surface area contributed by atoms with E-state index in [1.54, 1.807) is 17.8 Å². The Morgan fingerprint density at radius 2 is 1.96 bits per heavy atom. The molecular weight excluding hydrogens is 358 g/mol. The predicted molar refractivity (Wildman–Crippen MR) is 101 cm³/mol. The molecule has 0 saturated carbocycles. The van der Waals surface area contributed by atoms with E-state index in [1.165, 1.54) is 0 Å². The van der Waals surface area contributed by atoms with Crippen LogP contribution in [0.5, 0.6) is 0 Å². The first-order valence-corrected chi connectivity index (χ1v) is 8.89. The predicted octanol–water partition coefficient (Wildman–Crippen LogP) is 3.10. The molecule has 0 radical (unpaired) electrons. The van der Waals surface area contributed by atoms with Crippen molar-refractivity contribution in [1.82, 2.24) is 25.2 Å². The summed E-state index contributed by atoms with van der Waals surface area (Å²) in [6.45, 7) is 3.97. The SMILES string of the molecule is Cc1noc(CCNC(=O)c2cn(-c3ccccc3)nc2-c2ccc(C)o2)n1. The van der Waals surface area contributed by atoms with E-state index in [0.717, 1.165) is 11.4 Å². The standard InChI is InChI=1S/C20H19N5O3/c1-13-8-9-17(27-13)19-16(12-25(23-19)15-6-4-3-5-7-15)20(26)21-11-10-18-22-14(2)24-28-18/h3-9,12H,10-11H2,1-2H3,(H,21,26). The molecule has 0 aliphatic carbocycles. The summed E-state index contributed by atoms with van der Waals surface area (Å²) in [6.07, 6.45) is 2.16. The lowest BCUT2D eigenvalue weighted by Crippen LogP contribution is -2.26. The second-order valence-electron chi connectivity index (χ2n) is 6.32. The zero-order chi connectivity index (χ0) is 19.5. The molecule has 8 nitrogen and oxygen atoms in total. The molecule has 0 atom stereocenters. The van der Waals surface area contributed by atoms with Crippen LogP contribution < -0.4 is 5.32 Å². The molecule has 1 amide bonds. The van der Waals surface area contributed by atoms with Crippen LogP contribution in [0.1, 0.15) is 27.8 Å². The maximum atomic E-state index is 12.8. The summed E-state index contributed by atoms with van der Waals surface area (Å²) < 4.78 is 12.4. The highest BCUT2D eigenvalue weighted by atomic mass is 16.5. The van der Waals surface area contributed by atoms with Gasteiger partial charge in [-0.15, -0.1) is 0 Å². The Labute approximate surface area is 161 Å². The van der Waals surface area contributed by atoms with Crippen molar-refractivity contribution in [2.45, 2.75) is 20.3 Å². The molecule has 0 fully saturated rings. The minimum atomic E-state index is -0.248. The fourth-order valence-electron chi connectivity index (χ4n) is 2.82. The number of aryl methyl sites for hydroxylation is 2. The summed E-state index contributed by atoms with van der Waals surface area (Å²) in [5.74, 6) is 2.11. The zero-order valence-corrected chi connectivity index (χ0v) is 15.5. The molecule has 0 unspecified atom stereocenters. The van der Waals surface area contributed by atoms with Crippen molar-refractivity contribution in [3.63, 3.8) is 0 Å². The van der Waals surface area contributed by atoms with Gasteiger partial charge in [0.15, 0.2) is 11.6 Å². The van der Waals surface area contributed by atoms with Gasteiger partial charge in [-0.2, -0.15) is 10.1 Å². The monoisotopic (exact) mass is 377 g/mol. The minimum Gasteiger partial charge on any atom is -0.460 e. The van der Waals surface area contributed by atoms with E-state index in [9.17, 15) is 4.79 Å². The van der Waals surface area contributed by atoms with Gasteiger partial charge in [-0.1, -0.05) is 23.4 Å². The maximum Gasteiger partial charge on any atom is 0.255 e. The number of rotatable bonds is 6. The molecule has 28 heavy (non-hydrogen) atoms. The molecule has 0 spiro atoms. The molecule has 0 aliphatic heterocycles. The molecule has 142 valence electrons. The molecule has 3 aromatic heterocycles. The van der Waals surface area contributed by atoms with E-state index in [2.05, 4.69) is 20.6 Å². The minimum absolute atomic E-state index is 0.248. The van der Waals surface area contributed by atoms with Crippen LogP contribution in [0.2, 0.25) is 0 Å². The number of hydrogen-bond donors (Lipinski definition) is 1. The average Bonchev–Trinajstić information content (AvgIpc) is 3.42.